The van der Waals surface area contributed by atoms with E-state index < -0.39 is 36.9 Å². The van der Waals surface area contributed by atoms with E-state index >= 15 is 0 Å². The van der Waals surface area contributed by atoms with E-state index in [1.165, 1.54) is 0 Å². The molecule has 0 aliphatic carbocycles. The van der Waals surface area contributed by atoms with E-state index in [1.807, 2.05) is 0 Å². The van der Waals surface area contributed by atoms with Crippen molar-refractivity contribution in [2.24, 2.45) is 5.73 Å². The Morgan fingerprint density at radius 2 is 1.93 bits per heavy atom. The van der Waals surface area contributed by atoms with Gasteiger partial charge in [-0.1, -0.05) is 0 Å². The van der Waals surface area contributed by atoms with Gasteiger partial charge in [0.15, 0.2) is 6.29 Å². The quantitative estimate of drug-likeness (QED) is 0.430. The first-order valence-electron chi connectivity index (χ1n) is 4.64. The van der Waals surface area contributed by atoms with Crippen molar-refractivity contribution in [1.82, 2.24) is 0 Å². The molecule has 2 aliphatic rings. The first-order chi connectivity index (χ1) is 6.59. The summed E-state index contributed by atoms with van der Waals surface area (Å²) in [7, 11) is 0. The number of rotatable bonds is 0. The van der Waals surface area contributed by atoms with Crippen molar-refractivity contribution in [3.05, 3.63) is 0 Å². The molecule has 0 amide bonds. The minimum absolute atomic E-state index is 0.323. The molecule has 82 valence electrons. The minimum Gasteiger partial charge on any atom is -0.387 e. The van der Waals surface area contributed by atoms with Crippen LogP contribution in [0.3, 0.4) is 0 Å². The van der Waals surface area contributed by atoms with Gasteiger partial charge < -0.3 is 30.2 Å². The molecule has 6 nitrogen and oxygen atoms in total. The Hall–Kier alpha value is -0.240. The highest BCUT2D eigenvalue weighted by Crippen LogP contribution is 2.26. The number of aliphatic hydroxyl groups excluding tert-OH is 2. The molecule has 14 heavy (non-hydrogen) atoms. The first kappa shape index (κ1) is 10.3. The number of hydrogen-bond acceptors (Lipinski definition) is 6. The summed E-state index contributed by atoms with van der Waals surface area (Å²) in [6.45, 7) is 2.05. The third kappa shape index (κ3) is 1.65. The van der Waals surface area contributed by atoms with Crippen molar-refractivity contribution < 1.29 is 24.4 Å². The summed E-state index contributed by atoms with van der Waals surface area (Å²) < 4.78 is 15.7. The maximum Gasteiger partial charge on any atom is 0.155 e. The van der Waals surface area contributed by atoms with Gasteiger partial charge in [0.1, 0.15) is 30.6 Å². The van der Waals surface area contributed by atoms with E-state index in [2.05, 4.69) is 0 Å². The molecule has 6 heteroatoms. The zero-order valence-corrected chi connectivity index (χ0v) is 7.87. The lowest BCUT2D eigenvalue weighted by Crippen LogP contribution is -2.64. The molecule has 0 aromatic rings. The lowest BCUT2D eigenvalue weighted by atomic mass is 9.98. The monoisotopic (exact) mass is 205 g/mol. The molecule has 6 atom stereocenters. The molecule has 0 radical (unpaired) electrons. The smallest absolute Gasteiger partial charge is 0.155 e. The van der Waals surface area contributed by atoms with Crippen LogP contribution in [0, 0.1) is 0 Å². The normalized spacial score (nSPS) is 54.0. The molecule has 2 saturated heterocycles. The summed E-state index contributed by atoms with van der Waals surface area (Å²) in [6, 6.07) is 0. The number of fused-ring (bicyclic) bond motifs is 1. The molecule has 1 unspecified atom stereocenters. The van der Waals surface area contributed by atoms with Gasteiger partial charge in [0.25, 0.3) is 0 Å². The zero-order valence-electron chi connectivity index (χ0n) is 7.87. The molecule has 4 N–H and O–H groups in total. The number of nitrogens with two attached hydrogens (primary N) is 1. The highest BCUT2D eigenvalue weighted by molar-refractivity contribution is 4.92. The van der Waals surface area contributed by atoms with Crippen LogP contribution < -0.4 is 5.73 Å². The van der Waals surface area contributed by atoms with E-state index in [0.717, 1.165) is 0 Å². The van der Waals surface area contributed by atoms with Crippen LogP contribution in [0.2, 0.25) is 0 Å². The van der Waals surface area contributed by atoms with Gasteiger partial charge in [-0.15, -0.1) is 0 Å². The van der Waals surface area contributed by atoms with Gasteiger partial charge in [-0.05, 0) is 6.92 Å². The van der Waals surface area contributed by atoms with Crippen LogP contribution in [0.25, 0.3) is 0 Å². The molecule has 0 bridgehead atoms. The van der Waals surface area contributed by atoms with Crippen molar-refractivity contribution in [2.75, 3.05) is 6.61 Å². The SMILES string of the molecule is CC1OC[C@H]2O[C@@H](N)[C@H](O)[C@@H](O)[C@@H]2O1. The van der Waals surface area contributed by atoms with Crippen molar-refractivity contribution in [3.8, 4) is 0 Å². The maximum atomic E-state index is 9.67. The van der Waals surface area contributed by atoms with Crippen molar-refractivity contribution in [3.63, 3.8) is 0 Å². The Bertz CT molecular complexity index is 212. The molecule has 0 aromatic heterocycles. The van der Waals surface area contributed by atoms with Crippen LogP contribution in [-0.2, 0) is 14.2 Å². The fourth-order valence-electron chi connectivity index (χ4n) is 1.76. The summed E-state index contributed by atoms with van der Waals surface area (Å²) in [5, 5.41) is 19.1. The van der Waals surface area contributed by atoms with E-state index in [9.17, 15) is 10.2 Å². The van der Waals surface area contributed by atoms with Gasteiger partial charge >= 0.3 is 0 Å². The van der Waals surface area contributed by atoms with Crippen LogP contribution in [-0.4, -0.2) is 53.8 Å². The molecule has 2 rings (SSSR count). The van der Waals surface area contributed by atoms with Gasteiger partial charge in [-0.25, -0.2) is 0 Å². The van der Waals surface area contributed by atoms with E-state index in [0.29, 0.717) is 6.61 Å². The third-order valence-electron chi connectivity index (χ3n) is 2.57. The Balaban J connectivity index is 2.08. The standard InChI is InChI=1S/C8H15NO5/c1-3-12-2-4-7(13-3)5(10)6(11)8(9)14-4/h3-8,10-11H,2,9H2,1H3/t3?,4-,5-,6-,7-,8-/m1/s1. The van der Waals surface area contributed by atoms with Crippen LogP contribution in [0.4, 0.5) is 0 Å². The average Bonchev–Trinajstić information content (AvgIpc) is 2.16. The summed E-state index contributed by atoms with van der Waals surface area (Å²) in [5.74, 6) is 0. The Morgan fingerprint density at radius 3 is 2.64 bits per heavy atom. The minimum atomic E-state index is -1.11. The van der Waals surface area contributed by atoms with Crippen LogP contribution in [0.1, 0.15) is 6.92 Å². The van der Waals surface area contributed by atoms with Gasteiger partial charge in [-0.3, -0.25) is 0 Å². The van der Waals surface area contributed by atoms with Crippen molar-refractivity contribution in [1.29, 1.82) is 0 Å². The topological polar surface area (TPSA) is 94.2 Å². The lowest BCUT2D eigenvalue weighted by Gasteiger charge is -2.44. The second-order valence-electron chi connectivity index (χ2n) is 3.62. The van der Waals surface area contributed by atoms with Crippen LogP contribution >= 0.6 is 0 Å². The lowest BCUT2D eigenvalue weighted by molar-refractivity contribution is -0.319. The second kappa shape index (κ2) is 3.73. The first-order valence-corrected chi connectivity index (χ1v) is 4.64. The zero-order chi connectivity index (χ0) is 10.3. The van der Waals surface area contributed by atoms with Crippen molar-refractivity contribution >= 4 is 0 Å². The fraction of sp³-hybridized carbons (Fsp3) is 1.00. The summed E-state index contributed by atoms with van der Waals surface area (Å²) in [4.78, 5) is 0. The molecular formula is C8H15NO5. The van der Waals surface area contributed by atoms with E-state index in [1.54, 1.807) is 6.92 Å². The van der Waals surface area contributed by atoms with Crippen LogP contribution in [0.5, 0.6) is 0 Å². The molecule has 2 heterocycles. The second-order valence-corrected chi connectivity index (χ2v) is 3.62. The van der Waals surface area contributed by atoms with Gasteiger partial charge in [0.2, 0.25) is 0 Å². The average molecular weight is 205 g/mol. The Morgan fingerprint density at radius 1 is 1.21 bits per heavy atom. The molecule has 0 spiro atoms. The summed E-state index contributed by atoms with van der Waals surface area (Å²) in [5.41, 5.74) is 5.47. The highest BCUT2D eigenvalue weighted by atomic mass is 16.7. The van der Waals surface area contributed by atoms with E-state index in [-0.39, 0.29) is 0 Å². The third-order valence-corrected chi connectivity index (χ3v) is 2.57. The molecule has 0 aromatic carbocycles. The fourth-order valence-corrected chi connectivity index (χ4v) is 1.76. The van der Waals surface area contributed by atoms with E-state index in [4.69, 9.17) is 19.9 Å². The predicted octanol–water partition coefficient (Wildman–Crippen LogP) is -1.85. The van der Waals surface area contributed by atoms with Crippen LogP contribution in [0.15, 0.2) is 0 Å². The Kier molecular flexibility index (Phi) is 2.74. The number of hydrogen-bond donors (Lipinski definition) is 3. The summed E-state index contributed by atoms with van der Waals surface area (Å²) >= 11 is 0. The molecule has 0 saturated carbocycles. The number of ether oxygens (including phenoxy) is 3. The number of aliphatic hydroxyl groups is 2. The molecule has 2 aliphatic heterocycles. The molecular weight excluding hydrogens is 190 g/mol. The summed E-state index contributed by atoms with van der Waals surface area (Å²) in [6.07, 6.45) is -4.37. The van der Waals surface area contributed by atoms with Gasteiger partial charge in [0.05, 0.1) is 6.61 Å². The predicted molar refractivity (Wildman–Crippen MR) is 45.1 cm³/mol. The van der Waals surface area contributed by atoms with Gasteiger partial charge in [-0.2, -0.15) is 0 Å². The van der Waals surface area contributed by atoms with Crippen molar-refractivity contribution in [2.45, 2.75) is 43.9 Å². The Labute approximate surface area is 81.6 Å². The molecule has 2 fully saturated rings. The highest BCUT2D eigenvalue weighted by Gasteiger charge is 2.46. The van der Waals surface area contributed by atoms with Gasteiger partial charge in [0, 0.05) is 0 Å². The largest absolute Gasteiger partial charge is 0.387 e. The maximum absolute atomic E-state index is 9.67.